The highest BCUT2D eigenvalue weighted by Crippen LogP contribution is 2.43. The molecule has 0 saturated heterocycles. The van der Waals surface area contributed by atoms with E-state index in [4.69, 9.17) is 18.5 Å². The van der Waals surface area contributed by atoms with E-state index < -0.39 is 26.5 Å². The van der Waals surface area contributed by atoms with Gasteiger partial charge in [0.25, 0.3) is 0 Å². The Labute approximate surface area is 288 Å². The van der Waals surface area contributed by atoms with Crippen molar-refractivity contribution in [3.63, 3.8) is 0 Å². The third-order valence-electron chi connectivity index (χ3n) is 7.68. The maximum Gasteiger partial charge on any atom is 0.472 e. The highest BCUT2D eigenvalue weighted by atomic mass is 31.2. The number of phosphoric acid groups is 1. The molecule has 0 saturated carbocycles. The van der Waals surface area contributed by atoms with Crippen molar-refractivity contribution in [3.8, 4) is 0 Å². The van der Waals surface area contributed by atoms with Gasteiger partial charge in [-0.1, -0.05) is 102 Å². The maximum atomic E-state index is 12.6. The van der Waals surface area contributed by atoms with Crippen molar-refractivity contribution < 1.29 is 42.1 Å². The monoisotopic (exact) mass is 688 g/mol. The summed E-state index contributed by atoms with van der Waals surface area (Å²) in [5.41, 5.74) is 0. The van der Waals surface area contributed by atoms with Gasteiger partial charge in [-0.2, -0.15) is 0 Å². The molecule has 0 bridgehead atoms. The number of likely N-dealkylation sites (N-methyl/N-ethyl adjacent to an activating group) is 1. The summed E-state index contributed by atoms with van der Waals surface area (Å²) in [7, 11) is 1.46. The van der Waals surface area contributed by atoms with E-state index in [-0.39, 0.29) is 32.0 Å². The maximum absolute atomic E-state index is 12.6. The SMILES string of the molecule is CCC/C=C/CCCCCCCC(=O)O[C@H](COC(=O)CCCCCCC/C=C/CCCCCC)COP(=O)(O)OCC[N+](C)(C)C. The van der Waals surface area contributed by atoms with Crippen LogP contribution in [0.15, 0.2) is 24.3 Å². The molecule has 9 nitrogen and oxygen atoms in total. The van der Waals surface area contributed by atoms with Gasteiger partial charge in [-0.05, 0) is 57.8 Å². The van der Waals surface area contributed by atoms with Crippen LogP contribution < -0.4 is 0 Å². The van der Waals surface area contributed by atoms with Crippen molar-refractivity contribution in [2.75, 3.05) is 47.5 Å². The molecule has 1 N–H and O–H groups in total. The molecule has 0 spiro atoms. The van der Waals surface area contributed by atoms with Gasteiger partial charge in [0.2, 0.25) is 0 Å². The van der Waals surface area contributed by atoms with Crippen LogP contribution in [-0.4, -0.2) is 74.9 Å². The number of ether oxygens (including phenoxy) is 2. The van der Waals surface area contributed by atoms with Crippen molar-refractivity contribution in [1.29, 1.82) is 0 Å². The van der Waals surface area contributed by atoms with Crippen molar-refractivity contribution in [1.82, 2.24) is 0 Å². The number of allylic oxidation sites excluding steroid dienone is 4. The normalized spacial score (nSPS) is 14.1. The standard InChI is InChI=1S/C37H70NO8P/c1-6-8-10-12-14-16-18-19-20-22-23-25-27-29-36(39)43-33-35(34-45-47(41,42)44-32-31-38(3,4)5)46-37(40)30-28-26-24-21-17-15-13-11-9-7-2/h11,13,16,18,35H,6-10,12,14-15,17,19-34H2,1-5H3/p+1/b13-11+,18-16+/t35-/m1/s1. The largest absolute Gasteiger partial charge is 0.472 e. The topological polar surface area (TPSA) is 108 Å². The van der Waals surface area contributed by atoms with Crippen LogP contribution >= 0.6 is 7.82 Å². The van der Waals surface area contributed by atoms with Gasteiger partial charge in [-0.15, -0.1) is 0 Å². The van der Waals surface area contributed by atoms with Gasteiger partial charge in [0, 0.05) is 12.8 Å². The highest BCUT2D eigenvalue weighted by Gasteiger charge is 2.27. The first-order chi connectivity index (χ1) is 22.5. The van der Waals surface area contributed by atoms with Crippen molar-refractivity contribution in [2.24, 2.45) is 0 Å². The first-order valence-electron chi connectivity index (χ1n) is 18.6. The van der Waals surface area contributed by atoms with Crippen LogP contribution in [0.3, 0.4) is 0 Å². The molecule has 0 aromatic rings. The third-order valence-corrected chi connectivity index (χ3v) is 8.67. The number of unbranched alkanes of at least 4 members (excludes halogenated alkanes) is 15. The van der Waals surface area contributed by atoms with Gasteiger partial charge in [0.1, 0.15) is 19.8 Å². The molecule has 0 radical (unpaired) electrons. The molecule has 2 atom stereocenters. The average Bonchev–Trinajstić information content (AvgIpc) is 3.01. The summed E-state index contributed by atoms with van der Waals surface area (Å²) in [6, 6.07) is 0. The number of esters is 2. The van der Waals surface area contributed by atoms with Gasteiger partial charge in [0.05, 0.1) is 27.7 Å². The first-order valence-corrected chi connectivity index (χ1v) is 20.1. The van der Waals surface area contributed by atoms with Gasteiger partial charge < -0.3 is 18.9 Å². The van der Waals surface area contributed by atoms with Gasteiger partial charge in [-0.25, -0.2) is 4.57 Å². The van der Waals surface area contributed by atoms with Crippen LogP contribution in [0, 0.1) is 0 Å². The molecule has 0 aliphatic rings. The Kier molecular flexibility index (Phi) is 29.6. The Morgan fingerprint density at radius 1 is 0.638 bits per heavy atom. The number of carbonyl (C=O) groups is 2. The minimum absolute atomic E-state index is 0.0293. The number of rotatable bonds is 33. The lowest BCUT2D eigenvalue weighted by atomic mass is 10.1. The molecular weight excluding hydrogens is 617 g/mol. The lowest BCUT2D eigenvalue weighted by Crippen LogP contribution is -2.37. The van der Waals surface area contributed by atoms with Crippen LogP contribution in [0.4, 0.5) is 0 Å². The second-order valence-electron chi connectivity index (χ2n) is 13.6. The number of carbonyl (C=O) groups excluding carboxylic acids is 2. The predicted octanol–water partition coefficient (Wildman–Crippen LogP) is 9.63. The fourth-order valence-electron chi connectivity index (χ4n) is 4.71. The molecule has 0 aliphatic carbocycles. The molecule has 276 valence electrons. The van der Waals surface area contributed by atoms with Crippen LogP contribution in [0.5, 0.6) is 0 Å². The lowest BCUT2D eigenvalue weighted by molar-refractivity contribution is -0.870. The number of hydrogen-bond acceptors (Lipinski definition) is 7. The van der Waals surface area contributed by atoms with Crippen molar-refractivity contribution >= 4 is 19.8 Å². The van der Waals surface area contributed by atoms with Crippen molar-refractivity contribution in [2.45, 2.75) is 155 Å². The fourth-order valence-corrected chi connectivity index (χ4v) is 5.46. The first kappa shape index (κ1) is 45.5. The van der Waals surface area contributed by atoms with E-state index in [1.54, 1.807) is 0 Å². The zero-order valence-corrected chi connectivity index (χ0v) is 31.7. The third kappa shape index (κ3) is 34.2. The molecule has 0 aliphatic heterocycles. The number of phosphoric ester groups is 1. The average molecular weight is 689 g/mol. The van der Waals surface area contributed by atoms with Crippen LogP contribution in [0.1, 0.15) is 149 Å². The minimum atomic E-state index is -4.36. The molecule has 1 unspecified atom stereocenters. The second-order valence-corrected chi connectivity index (χ2v) is 15.1. The van der Waals surface area contributed by atoms with E-state index in [1.807, 2.05) is 21.1 Å². The molecule has 0 aromatic heterocycles. The van der Waals surface area contributed by atoms with Crippen molar-refractivity contribution in [3.05, 3.63) is 24.3 Å². The lowest BCUT2D eigenvalue weighted by Gasteiger charge is -2.24. The highest BCUT2D eigenvalue weighted by molar-refractivity contribution is 7.47. The quantitative estimate of drug-likeness (QED) is 0.0239. The molecule has 10 heteroatoms. The Balaban J connectivity index is 4.47. The second kappa shape index (κ2) is 30.5. The summed E-state index contributed by atoms with van der Waals surface area (Å²) >= 11 is 0. The molecule has 0 fully saturated rings. The summed E-state index contributed by atoms with van der Waals surface area (Å²) in [4.78, 5) is 35.1. The Hall–Kier alpha value is -1.51. The fraction of sp³-hybridized carbons (Fsp3) is 0.838. The van der Waals surface area contributed by atoms with Crippen LogP contribution in [-0.2, 0) is 32.7 Å². The molecular formula is C37H71NO8P+. The predicted molar refractivity (Wildman–Crippen MR) is 192 cm³/mol. The number of quaternary nitrogens is 1. The van der Waals surface area contributed by atoms with E-state index in [9.17, 15) is 19.0 Å². The summed E-state index contributed by atoms with van der Waals surface area (Å²) in [5, 5.41) is 0. The van der Waals surface area contributed by atoms with Gasteiger partial charge in [0.15, 0.2) is 6.10 Å². The van der Waals surface area contributed by atoms with Gasteiger partial charge >= 0.3 is 19.8 Å². The number of nitrogens with zero attached hydrogens (tertiary/aromatic N) is 1. The summed E-state index contributed by atoms with van der Waals surface area (Å²) in [6.45, 7) is 4.30. The Morgan fingerprint density at radius 2 is 1.13 bits per heavy atom. The zero-order chi connectivity index (χ0) is 35.1. The smallest absolute Gasteiger partial charge is 0.462 e. The van der Waals surface area contributed by atoms with E-state index >= 15 is 0 Å². The summed E-state index contributed by atoms with van der Waals surface area (Å²) in [5.74, 6) is -0.824. The Bertz CT molecular complexity index is 871. The van der Waals surface area contributed by atoms with E-state index in [0.29, 0.717) is 17.4 Å². The van der Waals surface area contributed by atoms with E-state index in [1.165, 1.54) is 38.5 Å². The van der Waals surface area contributed by atoms with E-state index in [2.05, 4.69) is 38.2 Å². The van der Waals surface area contributed by atoms with Gasteiger partial charge in [-0.3, -0.25) is 18.6 Å². The molecule has 0 aromatic carbocycles. The van der Waals surface area contributed by atoms with Crippen LogP contribution in [0.2, 0.25) is 0 Å². The number of hydrogen-bond donors (Lipinski definition) is 1. The Morgan fingerprint density at radius 3 is 1.66 bits per heavy atom. The van der Waals surface area contributed by atoms with E-state index in [0.717, 1.165) is 77.0 Å². The van der Waals surface area contributed by atoms with Crippen LogP contribution in [0.25, 0.3) is 0 Å². The summed E-state index contributed by atoms with van der Waals surface area (Å²) in [6.07, 6.45) is 29.4. The minimum Gasteiger partial charge on any atom is -0.462 e. The zero-order valence-electron chi connectivity index (χ0n) is 30.8. The molecule has 47 heavy (non-hydrogen) atoms. The molecule has 0 heterocycles. The molecule has 0 rings (SSSR count). The molecule has 0 amide bonds. The summed E-state index contributed by atoms with van der Waals surface area (Å²) < 4.78 is 34.1.